The maximum absolute atomic E-state index is 12.3. The van der Waals surface area contributed by atoms with E-state index in [4.69, 9.17) is 0 Å². The zero-order valence-corrected chi connectivity index (χ0v) is 13.3. The van der Waals surface area contributed by atoms with Crippen molar-refractivity contribution in [3.8, 4) is 5.75 Å². The molecule has 5 nitrogen and oxygen atoms in total. The minimum atomic E-state index is -0.331. The van der Waals surface area contributed by atoms with Crippen molar-refractivity contribution in [2.24, 2.45) is 5.92 Å². The summed E-state index contributed by atoms with van der Waals surface area (Å²) < 4.78 is 0. The zero-order valence-electron chi connectivity index (χ0n) is 13.3. The lowest BCUT2D eigenvalue weighted by molar-refractivity contribution is -0.126. The Morgan fingerprint density at radius 1 is 1.12 bits per heavy atom. The van der Waals surface area contributed by atoms with Gasteiger partial charge in [-0.2, -0.15) is 0 Å². The molecule has 124 valence electrons. The van der Waals surface area contributed by atoms with Crippen LogP contribution < -0.4 is 10.2 Å². The molecule has 3 rings (SSSR count). The molecule has 2 aromatic rings. The average molecular weight is 324 g/mol. The Balaban J connectivity index is 1.53. The predicted octanol–water partition coefficient (Wildman–Crippen LogP) is 2.10. The smallest absolute Gasteiger partial charge is 0.227 e. The second kappa shape index (κ2) is 7.17. The number of carbonyl (C=O) groups is 2. The van der Waals surface area contributed by atoms with Crippen molar-refractivity contribution in [1.29, 1.82) is 0 Å². The van der Waals surface area contributed by atoms with E-state index < -0.39 is 0 Å². The van der Waals surface area contributed by atoms with E-state index in [1.54, 1.807) is 17.0 Å². The number of carbonyl (C=O) groups excluding carboxylic acids is 2. The molecule has 2 N–H and O–H groups in total. The van der Waals surface area contributed by atoms with Crippen molar-refractivity contribution in [2.45, 2.75) is 12.8 Å². The number of rotatable bonds is 5. The van der Waals surface area contributed by atoms with Crippen LogP contribution in [0.4, 0.5) is 5.69 Å². The third-order valence-electron chi connectivity index (χ3n) is 4.21. The molecule has 2 amide bonds. The number of hydrogen-bond acceptors (Lipinski definition) is 3. The van der Waals surface area contributed by atoms with Crippen LogP contribution in [0.15, 0.2) is 54.6 Å². The second-order valence-corrected chi connectivity index (χ2v) is 5.95. The van der Waals surface area contributed by atoms with Crippen LogP contribution in [0.5, 0.6) is 5.75 Å². The first kappa shape index (κ1) is 16.1. The molecule has 5 heteroatoms. The van der Waals surface area contributed by atoms with Crippen molar-refractivity contribution in [3.63, 3.8) is 0 Å². The highest BCUT2D eigenvalue weighted by atomic mass is 16.3. The molecule has 1 aliphatic heterocycles. The fourth-order valence-electron chi connectivity index (χ4n) is 2.88. The monoisotopic (exact) mass is 324 g/mol. The highest BCUT2D eigenvalue weighted by molar-refractivity contribution is 6.00. The van der Waals surface area contributed by atoms with E-state index in [-0.39, 0.29) is 29.9 Å². The number of phenols is 1. The van der Waals surface area contributed by atoms with Gasteiger partial charge in [0.15, 0.2) is 0 Å². The highest BCUT2D eigenvalue weighted by Crippen LogP contribution is 2.26. The van der Waals surface area contributed by atoms with Gasteiger partial charge in [0.1, 0.15) is 5.75 Å². The number of aromatic hydroxyl groups is 1. The number of benzene rings is 2. The third-order valence-corrected chi connectivity index (χ3v) is 4.21. The summed E-state index contributed by atoms with van der Waals surface area (Å²) in [5.74, 6) is -0.327. The van der Waals surface area contributed by atoms with Crippen molar-refractivity contribution in [3.05, 3.63) is 60.2 Å². The predicted molar refractivity (Wildman–Crippen MR) is 91.7 cm³/mol. The van der Waals surface area contributed by atoms with Crippen LogP contribution in [0.3, 0.4) is 0 Å². The molecule has 2 aromatic carbocycles. The Kier molecular flexibility index (Phi) is 4.79. The molecule has 24 heavy (non-hydrogen) atoms. The number of phenolic OH excluding ortho intramolecular Hbond substituents is 1. The van der Waals surface area contributed by atoms with E-state index in [9.17, 15) is 14.7 Å². The number of hydrogen-bond donors (Lipinski definition) is 2. The van der Waals surface area contributed by atoms with Crippen LogP contribution in [0, 0.1) is 5.92 Å². The fourth-order valence-corrected chi connectivity index (χ4v) is 2.88. The van der Waals surface area contributed by atoms with Gasteiger partial charge in [0, 0.05) is 25.2 Å². The lowest BCUT2D eigenvalue weighted by Gasteiger charge is -2.16. The lowest BCUT2D eigenvalue weighted by Crippen LogP contribution is -2.34. The standard InChI is InChI=1S/C19H20N2O3/c22-17-8-6-16(7-9-17)21-13-15(12-18(21)23)19(24)20-11-10-14-4-2-1-3-5-14/h1-9,15,22H,10-13H2,(H,20,24)/t15-/m1/s1. The maximum atomic E-state index is 12.3. The van der Waals surface area contributed by atoms with Gasteiger partial charge in [-0.25, -0.2) is 0 Å². The molecule has 0 aromatic heterocycles. The van der Waals surface area contributed by atoms with Crippen molar-refractivity contribution in [1.82, 2.24) is 5.32 Å². The first-order valence-corrected chi connectivity index (χ1v) is 8.04. The van der Waals surface area contributed by atoms with E-state index in [1.807, 2.05) is 30.3 Å². The van der Waals surface area contributed by atoms with Gasteiger partial charge in [-0.3, -0.25) is 9.59 Å². The van der Waals surface area contributed by atoms with Gasteiger partial charge >= 0.3 is 0 Å². The molecule has 0 saturated carbocycles. The second-order valence-electron chi connectivity index (χ2n) is 5.95. The molecule has 1 saturated heterocycles. The Morgan fingerprint density at radius 2 is 1.83 bits per heavy atom. The Morgan fingerprint density at radius 3 is 2.54 bits per heavy atom. The highest BCUT2D eigenvalue weighted by Gasteiger charge is 2.34. The molecule has 0 radical (unpaired) electrons. The van der Waals surface area contributed by atoms with Crippen molar-refractivity contribution < 1.29 is 14.7 Å². The quantitative estimate of drug-likeness (QED) is 0.885. The number of nitrogens with one attached hydrogen (secondary N) is 1. The average Bonchev–Trinajstić information content (AvgIpc) is 2.98. The van der Waals surface area contributed by atoms with E-state index in [1.165, 1.54) is 17.7 Å². The number of anilines is 1. The summed E-state index contributed by atoms with van der Waals surface area (Å²) >= 11 is 0. The Hall–Kier alpha value is -2.82. The zero-order chi connectivity index (χ0) is 16.9. The normalized spacial score (nSPS) is 17.1. The fraction of sp³-hybridized carbons (Fsp3) is 0.263. The Labute approximate surface area is 140 Å². The molecule has 1 aliphatic rings. The summed E-state index contributed by atoms with van der Waals surface area (Å²) in [4.78, 5) is 26.0. The summed E-state index contributed by atoms with van der Waals surface area (Å²) in [5, 5.41) is 12.2. The molecular formula is C19H20N2O3. The molecule has 1 fully saturated rings. The topological polar surface area (TPSA) is 69.6 Å². The van der Waals surface area contributed by atoms with E-state index >= 15 is 0 Å². The third kappa shape index (κ3) is 3.74. The van der Waals surface area contributed by atoms with Crippen LogP contribution in [-0.2, 0) is 16.0 Å². The number of amides is 2. The van der Waals surface area contributed by atoms with Crippen LogP contribution in [0.2, 0.25) is 0 Å². The van der Waals surface area contributed by atoms with Crippen LogP contribution in [-0.4, -0.2) is 30.0 Å². The molecule has 0 bridgehead atoms. The van der Waals surface area contributed by atoms with E-state index in [0.717, 1.165) is 6.42 Å². The molecule has 1 heterocycles. The maximum Gasteiger partial charge on any atom is 0.227 e. The largest absolute Gasteiger partial charge is 0.508 e. The van der Waals surface area contributed by atoms with Gasteiger partial charge < -0.3 is 15.3 Å². The lowest BCUT2D eigenvalue weighted by atomic mass is 10.1. The first-order valence-electron chi connectivity index (χ1n) is 8.04. The van der Waals surface area contributed by atoms with E-state index in [2.05, 4.69) is 5.32 Å². The molecule has 1 atom stereocenters. The molecular weight excluding hydrogens is 304 g/mol. The van der Waals surface area contributed by atoms with Gasteiger partial charge in [-0.05, 0) is 36.2 Å². The van der Waals surface area contributed by atoms with Crippen LogP contribution in [0.1, 0.15) is 12.0 Å². The summed E-state index contributed by atoms with van der Waals surface area (Å²) in [6, 6.07) is 16.4. The summed E-state index contributed by atoms with van der Waals surface area (Å²) in [6.45, 7) is 0.938. The molecule has 0 spiro atoms. The summed E-state index contributed by atoms with van der Waals surface area (Å²) in [5.41, 5.74) is 1.88. The van der Waals surface area contributed by atoms with Gasteiger partial charge in [0.05, 0.1) is 5.92 Å². The van der Waals surface area contributed by atoms with Crippen molar-refractivity contribution >= 4 is 17.5 Å². The SMILES string of the molecule is O=C(NCCc1ccccc1)[C@@H]1CC(=O)N(c2ccc(O)cc2)C1. The molecule has 0 unspecified atom stereocenters. The minimum Gasteiger partial charge on any atom is -0.508 e. The summed E-state index contributed by atoms with van der Waals surface area (Å²) in [7, 11) is 0. The van der Waals surface area contributed by atoms with Gasteiger partial charge in [0.25, 0.3) is 0 Å². The number of nitrogens with zero attached hydrogens (tertiary/aromatic N) is 1. The van der Waals surface area contributed by atoms with Crippen molar-refractivity contribution in [2.75, 3.05) is 18.0 Å². The van der Waals surface area contributed by atoms with Gasteiger partial charge in [-0.1, -0.05) is 30.3 Å². The molecule has 0 aliphatic carbocycles. The van der Waals surface area contributed by atoms with Gasteiger partial charge in [-0.15, -0.1) is 0 Å². The summed E-state index contributed by atoms with van der Waals surface area (Å²) in [6.07, 6.45) is 0.993. The Bertz CT molecular complexity index is 713. The van der Waals surface area contributed by atoms with E-state index in [0.29, 0.717) is 18.8 Å². The van der Waals surface area contributed by atoms with Gasteiger partial charge in [0.2, 0.25) is 11.8 Å². The van der Waals surface area contributed by atoms with Crippen LogP contribution in [0.25, 0.3) is 0 Å². The first-order chi connectivity index (χ1) is 11.6. The minimum absolute atomic E-state index is 0.0658. The van der Waals surface area contributed by atoms with Crippen LogP contribution >= 0.6 is 0 Å².